The van der Waals surface area contributed by atoms with Crippen LogP contribution in [0.5, 0.6) is 11.5 Å². The summed E-state index contributed by atoms with van der Waals surface area (Å²) in [7, 11) is 2.06. The summed E-state index contributed by atoms with van der Waals surface area (Å²) in [5.74, 6) is 1.62. The van der Waals surface area contributed by atoms with E-state index in [-0.39, 0.29) is 0 Å². The fourth-order valence-corrected chi connectivity index (χ4v) is 4.46. The predicted molar refractivity (Wildman–Crippen MR) is 143 cm³/mol. The molecule has 0 unspecified atom stereocenters. The Hall–Kier alpha value is -4.57. The zero-order valence-electron chi connectivity index (χ0n) is 19.5. The largest absolute Gasteiger partial charge is 0.457 e. The molecule has 1 aliphatic heterocycles. The van der Waals surface area contributed by atoms with Gasteiger partial charge in [-0.2, -0.15) is 0 Å². The Balaban J connectivity index is 1.39. The number of hydrogen-bond acceptors (Lipinski definition) is 4. The molecule has 0 saturated carbocycles. The molecule has 1 aliphatic rings. The maximum absolute atomic E-state index is 6.50. The first kappa shape index (κ1) is 21.0. The van der Waals surface area contributed by atoms with Crippen LogP contribution in [0.15, 0.2) is 122 Å². The molecule has 0 fully saturated rings. The normalized spacial score (nSPS) is 12.9. The summed E-state index contributed by atoms with van der Waals surface area (Å²) in [6, 6.07) is 35.4. The van der Waals surface area contributed by atoms with Gasteiger partial charge in [0.25, 0.3) is 0 Å². The molecule has 0 amide bonds. The molecule has 5 aromatic rings. The molecule has 170 valence electrons. The second-order valence-electron chi connectivity index (χ2n) is 8.76. The van der Waals surface area contributed by atoms with Crippen LogP contribution >= 0.6 is 0 Å². The standard InChI is InChI=1S/C31H25N3O/c1-33-16-17-34(22-33)27-11-7-12-28(21-27)35-31-20-26(18-25-10-5-6-13-29(25)31)30-19-24(14-15-32-30)23-8-3-2-4-9-23/h2-21H,22H2,1H3. The first-order valence-corrected chi connectivity index (χ1v) is 11.7. The maximum Gasteiger partial charge on any atom is 0.135 e. The van der Waals surface area contributed by atoms with Gasteiger partial charge in [-0.05, 0) is 52.9 Å². The number of fused-ring (bicyclic) bond motifs is 1. The fourth-order valence-electron chi connectivity index (χ4n) is 4.46. The lowest BCUT2D eigenvalue weighted by atomic mass is 10.0. The number of aromatic nitrogens is 1. The van der Waals surface area contributed by atoms with E-state index in [0.717, 1.165) is 51.4 Å². The van der Waals surface area contributed by atoms with Crippen LogP contribution < -0.4 is 9.64 Å². The number of nitrogens with zero attached hydrogens (tertiary/aromatic N) is 3. The van der Waals surface area contributed by atoms with Crippen molar-refractivity contribution in [1.82, 2.24) is 9.88 Å². The van der Waals surface area contributed by atoms with Crippen LogP contribution in [0.4, 0.5) is 5.69 Å². The van der Waals surface area contributed by atoms with Crippen LogP contribution in [0.3, 0.4) is 0 Å². The van der Waals surface area contributed by atoms with Crippen molar-refractivity contribution >= 4 is 16.5 Å². The summed E-state index contributed by atoms with van der Waals surface area (Å²) >= 11 is 0. The number of rotatable bonds is 5. The van der Waals surface area contributed by atoms with Crippen molar-refractivity contribution in [3.8, 4) is 33.9 Å². The molecule has 0 saturated heterocycles. The van der Waals surface area contributed by atoms with Gasteiger partial charge >= 0.3 is 0 Å². The quantitative estimate of drug-likeness (QED) is 0.274. The molecule has 0 bridgehead atoms. The Morgan fingerprint density at radius 2 is 1.57 bits per heavy atom. The van der Waals surface area contributed by atoms with E-state index < -0.39 is 0 Å². The lowest BCUT2D eigenvalue weighted by Crippen LogP contribution is -2.21. The van der Waals surface area contributed by atoms with E-state index >= 15 is 0 Å². The third kappa shape index (κ3) is 4.34. The zero-order valence-corrected chi connectivity index (χ0v) is 19.5. The minimum absolute atomic E-state index is 0.804. The van der Waals surface area contributed by atoms with Crippen LogP contribution in [0.1, 0.15) is 0 Å². The van der Waals surface area contributed by atoms with Gasteiger partial charge in [0.1, 0.15) is 11.5 Å². The van der Waals surface area contributed by atoms with Gasteiger partial charge in [-0.15, -0.1) is 0 Å². The molecule has 6 rings (SSSR count). The summed E-state index contributed by atoms with van der Waals surface area (Å²) in [4.78, 5) is 9.02. The van der Waals surface area contributed by atoms with Crippen LogP contribution in [0, 0.1) is 0 Å². The van der Waals surface area contributed by atoms with E-state index in [1.54, 1.807) is 0 Å². The van der Waals surface area contributed by atoms with Gasteiger partial charge in [-0.1, -0.05) is 60.7 Å². The Kier molecular flexibility index (Phi) is 5.39. The first-order valence-electron chi connectivity index (χ1n) is 11.7. The van der Waals surface area contributed by atoms with Crippen molar-refractivity contribution in [2.75, 3.05) is 18.6 Å². The lowest BCUT2D eigenvalue weighted by molar-refractivity contribution is 0.485. The molecule has 0 aliphatic carbocycles. The number of hydrogen-bond donors (Lipinski definition) is 0. The fraction of sp³-hybridized carbons (Fsp3) is 0.0645. The first-order chi connectivity index (χ1) is 17.2. The predicted octanol–water partition coefficient (Wildman–Crippen LogP) is 7.54. The van der Waals surface area contributed by atoms with Crippen molar-refractivity contribution < 1.29 is 4.74 Å². The number of benzene rings is 4. The Labute approximate surface area is 205 Å². The van der Waals surface area contributed by atoms with Crippen LogP contribution in [-0.2, 0) is 0 Å². The molecule has 35 heavy (non-hydrogen) atoms. The monoisotopic (exact) mass is 455 g/mol. The molecule has 4 heteroatoms. The molecule has 4 nitrogen and oxygen atoms in total. The minimum atomic E-state index is 0.804. The Bertz CT molecular complexity index is 1530. The molecular formula is C31H25N3O. The SMILES string of the molecule is CN1C=CN(c2cccc(Oc3cc(-c4cc(-c5ccccc5)ccn4)cc4ccccc34)c2)C1. The highest BCUT2D eigenvalue weighted by molar-refractivity contribution is 5.93. The molecule has 4 aromatic carbocycles. The van der Waals surface area contributed by atoms with Gasteiger partial charge in [0.2, 0.25) is 0 Å². The highest BCUT2D eigenvalue weighted by atomic mass is 16.5. The molecule has 0 radical (unpaired) electrons. The second kappa shape index (κ2) is 8.99. The maximum atomic E-state index is 6.50. The molecule has 0 N–H and O–H groups in total. The molecule has 2 heterocycles. The molecule has 0 atom stereocenters. The summed E-state index contributed by atoms with van der Waals surface area (Å²) in [5, 5.41) is 2.19. The van der Waals surface area contributed by atoms with Crippen LogP contribution in [-0.4, -0.2) is 23.6 Å². The highest BCUT2D eigenvalue weighted by Crippen LogP contribution is 2.36. The van der Waals surface area contributed by atoms with Gasteiger partial charge in [0, 0.05) is 48.3 Å². The van der Waals surface area contributed by atoms with Crippen molar-refractivity contribution in [3.63, 3.8) is 0 Å². The van der Waals surface area contributed by atoms with Crippen molar-refractivity contribution in [2.24, 2.45) is 0 Å². The number of pyridine rings is 1. The summed E-state index contributed by atoms with van der Waals surface area (Å²) in [5.41, 5.74) is 5.35. The average Bonchev–Trinajstić information content (AvgIpc) is 3.36. The van der Waals surface area contributed by atoms with E-state index in [0.29, 0.717) is 0 Å². The van der Waals surface area contributed by atoms with E-state index in [1.165, 1.54) is 5.56 Å². The summed E-state index contributed by atoms with van der Waals surface area (Å²) in [6.45, 7) is 0.825. The lowest BCUT2D eigenvalue weighted by Gasteiger charge is -2.19. The van der Waals surface area contributed by atoms with Gasteiger partial charge in [-0.25, -0.2) is 0 Å². The van der Waals surface area contributed by atoms with Crippen LogP contribution in [0.25, 0.3) is 33.2 Å². The van der Waals surface area contributed by atoms with Gasteiger partial charge in [0.15, 0.2) is 0 Å². The average molecular weight is 456 g/mol. The third-order valence-electron chi connectivity index (χ3n) is 6.24. The van der Waals surface area contributed by atoms with E-state index in [1.807, 2.05) is 36.5 Å². The summed E-state index contributed by atoms with van der Waals surface area (Å²) < 4.78 is 6.50. The van der Waals surface area contributed by atoms with Gasteiger partial charge in [-0.3, -0.25) is 4.98 Å². The van der Waals surface area contributed by atoms with Crippen molar-refractivity contribution in [1.29, 1.82) is 0 Å². The molecule has 1 aromatic heterocycles. The van der Waals surface area contributed by atoms with E-state index in [2.05, 4.69) is 107 Å². The zero-order chi connectivity index (χ0) is 23.6. The van der Waals surface area contributed by atoms with Gasteiger partial charge < -0.3 is 14.5 Å². The Morgan fingerprint density at radius 3 is 2.43 bits per heavy atom. The summed E-state index contributed by atoms with van der Waals surface area (Å²) in [6.07, 6.45) is 6.03. The number of ether oxygens (including phenoxy) is 1. The Morgan fingerprint density at radius 1 is 0.714 bits per heavy atom. The second-order valence-corrected chi connectivity index (χ2v) is 8.76. The van der Waals surface area contributed by atoms with Gasteiger partial charge in [0.05, 0.1) is 12.4 Å². The highest BCUT2D eigenvalue weighted by Gasteiger charge is 2.13. The molecular weight excluding hydrogens is 430 g/mol. The minimum Gasteiger partial charge on any atom is -0.457 e. The molecule has 0 spiro atoms. The van der Waals surface area contributed by atoms with Crippen LogP contribution in [0.2, 0.25) is 0 Å². The van der Waals surface area contributed by atoms with E-state index in [4.69, 9.17) is 4.74 Å². The van der Waals surface area contributed by atoms with E-state index in [9.17, 15) is 0 Å². The third-order valence-corrected chi connectivity index (χ3v) is 6.24. The number of anilines is 1. The topological polar surface area (TPSA) is 28.6 Å². The smallest absolute Gasteiger partial charge is 0.135 e. The van der Waals surface area contributed by atoms with Crippen molar-refractivity contribution in [2.45, 2.75) is 0 Å². The van der Waals surface area contributed by atoms with Crippen molar-refractivity contribution in [3.05, 3.63) is 122 Å².